The summed E-state index contributed by atoms with van der Waals surface area (Å²) in [5, 5.41) is 9.23. The first-order chi connectivity index (χ1) is 7.57. The summed E-state index contributed by atoms with van der Waals surface area (Å²) in [7, 11) is 0. The number of carbonyl (C=O) groups is 3. The number of rotatable bonds is 6. The summed E-state index contributed by atoms with van der Waals surface area (Å²) in [4.78, 5) is 34.0. The third-order valence-corrected chi connectivity index (χ3v) is 2.21. The van der Waals surface area contributed by atoms with Gasteiger partial charge in [0, 0.05) is 6.42 Å². The largest absolute Gasteiger partial charge is 0.459 e. The molecule has 0 amide bonds. The van der Waals surface area contributed by atoms with E-state index in [1.807, 2.05) is 0 Å². The van der Waals surface area contributed by atoms with Crippen molar-refractivity contribution in [1.29, 1.82) is 0 Å². The summed E-state index contributed by atoms with van der Waals surface area (Å²) >= 11 is 0. The van der Waals surface area contributed by atoms with E-state index in [1.54, 1.807) is 20.8 Å². The van der Waals surface area contributed by atoms with E-state index in [9.17, 15) is 19.5 Å². The molecule has 0 fully saturated rings. The van der Waals surface area contributed by atoms with Gasteiger partial charge in [0.2, 0.25) is 0 Å². The number of carbonyl (C=O) groups excluding carboxylic acids is 3. The molecule has 0 aliphatic carbocycles. The van der Waals surface area contributed by atoms with Crippen LogP contribution in [0, 0.1) is 5.92 Å². The highest BCUT2D eigenvalue weighted by molar-refractivity contribution is 6.15. The Morgan fingerprint density at radius 1 is 1.18 bits per heavy atom. The van der Waals surface area contributed by atoms with E-state index in [2.05, 4.69) is 0 Å². The third-order valence-electron chi connectivity index (χ3n) is 2.21. The minimum absolute atomic E-state index is 0.237. The van der Waals surface area contributed by atoms with Crippen molar-refractivity contribution in [2.24, 2.45) is 5.92 Å². The lowest BCUT2D eigenvalue weighted by Crippen LogP contribution is -2.38. The van der Waals surface area contributed by atoms with E-state index < -0.39 is 35.2 Å². The third kappa shape index (κ3) is 5.58. The van der Waals surface area contributed by atoms with Crippen LogP contribution in [0.5, 0.6) is 0 Å². The molecule has 98 valence electrons. The predicted molar refractivity (Wildman–Crippen MR) is 61.3 cm³/mol. The van der Waals surface area contributed by atoms with E-state index in [0.29, 0.717) is 0 Å². The molecule has 0 saturated carbocycles. The van der Waals surface area contributed by atoms with Crippen LogP contribution in [0.15, 0.2) is 0 Å². The summed E-state index contributed by atoms with van der Waals surface area (Å²) in [6.45, 7) is 7.16. The fourth-order valence-corrected chi connectivity index (χ4v) is 1.70. The molecule has 1 unspecified atom stereocenters. The van der Waals surface area contributed by atoms with E-state index in [1.165, 1.54) is 13.8 Å². The maximum absolute atomic E-state index is 11.7. The smallest absolute Gasteiger partial charge is 0.324 e. The number of esters is 1. The maximum Gasteiger partial charge on any atom is 0.324 e. The number of Topliss-reactive ketones (excluding diaryl/α,β-unsaturated/α-hetero) is 2. The van der Waals surface area contributed by atoms with E-state index in [4.69, 9.17) is 4.74 Å². The monoisotopic (exact) mass is 244 g/mol. The summed E-state index contributed by atoms with van der Waals surface area (Å²) in [5.41, 5.74) is -0.908. The normalized spacial score (nSPS) is 13.4. The van der Waals surface area contributed by atoms with Gasteiger partial charge in [0.25, 0.3) is 0 Å². The van der Waals surface area contributed by atoms with Crippen molar-refractivity contribution in [3.05, 3.63) is 0 Å². The zero-order valence-corrected chi connectivity index (χ0v) is 10.9. The molecule has 5 heteroatoms. The Kier molecular flexibility index (Phi) is 5.48. The van der Waals surface area contributed by atoms with Crippen LogP contribution in [-0.4, -0.2) is 34.3 Å². The lowest BCUT2D eigenvalue weighted by Gasteiger charge is -2.27. The van der Waals surface area contributed by atoms with Crippen molar-refractivity contribution in [1.82, 2.24) is 0 Å². The molecule has 0 heterocycles. The minimum atomic E-state index is -1.36. The van der Waals surface area contributed by atoms with Crippen LogP contribution in [0.25, 0.3) is 0 Å². The molecule has 0 aromatic carbocycles. The average molecular weight is 244 g/mol. The standard InChI is InChI=1S/C12H20O5/c1-7(13)6-12(4,5)17-11(16)10(8(2)14)9(3)15/h7,10,13H,6H2,1-5H3. The molecule has 0 rings (SSSR count). The molecule has 0 saturated heterocycles. The second-order valence-corrected chi connectivity index (χ2v) is 4.89. The van der Waals surface area contributed by atoms with Gasteiger partial charge in [0.15, 0.2) is 17.5 Å². The molecule has 0 aromatic rings. The van der Waals surface area contributed by atoms with Gasteiger partial charge in [-0.2, -0.15) is 0 Å². The lowest BCUT2D eigenvalue weighted by molar-refractivity contribution is -0.166. The van der Waals surface area contributed by atoms with Gasteiger partial charge in [-0.1, -0.05) is 0 Å². The van der Waals surface area contributed by atoms with Gasteiger partial charge in [-0.25, -0.2) is 0 Å². The highest BCUT2D eigenvalue weighted by Crippen LogP contribution is 2.19. The van der Waals surface area contributed by atoms with Gasteiger partial charge in [-0.15, -0.1) is 0 Å². The van der Waals surface area contributed by atoms with Crippen LogP contribution in [0.2, 0.25) is 0 Å². The zero-order chi connectivity index (χ0) is 13.8. The van der Waals surface area contributed by atoms with Gasteiger partial charge in [-0.05, 0) is 34.6 Å². The highest BCUT2D eigenvalue weighted by Gasteiger charge is 2.34. The fraction of sp³-hybridized carbons (Fsp3) is 0.750. The van der Waals surface area contributed by atoms with Crippen LogP contribution >= 0.6 is 0 Å². The first kappa shape index (κ1) is 15.8. The molecule has 0 aliphatic rings. The second-order valence-electron chi connectivity index (χ2n) is 4.89. The SMILES string of the molecule is CC(=O)C(C(C)=O)C(=O)OC(C)(C)CC(C)O. The number of ketones is 2. The second kappa shape index (κ2) is 5.91. The number of aliphatic hydroxyl groups is 1. The van der Waals surface area contributed by atoms with Gasteiger partial charge < -0.3 is 9.84 Å². The molecule has 0 aromatic heterocycles. The first-order valence-electron chi connectivity index (χ1n) is 5.48. The number of aliphatic hydroxyl groups excluding tert-OH is 1. The van der Waals surface area contributed by atoms with E-state index in [0.717, 1.165) is 0 Å². The van der Waals surface area contributed by atoms with Crippen LogP contribution in [0.1, 0.15) is 41.0 Å². The molecule has 0 aliphatic heterocycles. The molecule has 1 atom stereocenters. The molecule has 0 spiro atoms. The molecule has 0 bridgehead atoms. The maximum atomic E-state index is 11.7. The Balaban J connectivity index is 4.72. The van der Waals surface area contributed by atoms with E-state index in [-0.39, 0.29) is 6.42 Å². The van der Waals surface area contributed by atoms with Gasteiger partial charge >= 0.3 is 5.97 Å². The molecule has 0 radical (unpaired) electrons. The molecule has 1 N–H and O–H groups in total. The highest BCUT2D eigenvalue weighted by atomic mass is 16.6. The van der Waals surface area contributed by atoms with Crippen LogP contribution in [-0.2, 0) is 19.1 Å². The van der Waals surface area contributed by atoms with Crippen LogP contribution < -0.4 is 0 Å². The van der Waals surface area contributed by atoms with E-state index >= 15 is 0 Å². The van der Waals surface area contributed by atoms with Crippen molar-refractivity contribution in [2.45, 2.75) is 52.7 Å². The average Bonchev–Trinajstić information content (AvgIpc) is 1.95. The first-order valence-corrected chi connectivity index (χ1v) is 5.48. The van der Waals surface area contributed by atoms with Gasteiger partial charge in [-0.3, -0.25) is 14.4 Å². The van der Waals surface area contributed by atoms with Gasteiger partial charge in [0.05, 0.1) is 6.10 Å². The Morgan fingerprint density at radius 3 is 1.88 bits per heavy atom. The summed E-state index contributed by atoms with van der Waals surface area (Å²) in [6, 6.07) is 0. The quantitative estimate of drug-likeness (QED) is 0.554. The Morgan fingerprint density at radius 2 is 1.59 bits per heavy atom. The number of ether oxygens (including phenoxy) is 1. The zero-order valence-electron chi connectivity index (χ0n) is 10.9. The number of hydrogen-bond acceptors (Lipinski definition) is 5. The Bertz CT molecular complexity index is 303. The minimum Gasteiger partial charge on any atom is -0.459 e. The lowest BCUT2D eigenvalue weighted by atomic mass is 9.98. The van der Waals surface area contributed by atoms with Crippen molar-refractivity contribution in [3.8, 4) is 0 Å². The van der Waals surface area contributed by atoms with Crippen LogP contribution in [0.3, 0.4) is 0 Å². The Hall–Kier alpha value is -1.23. The van der Waals surface area contributed by atoms with Crippen molar-refractivity contribution < 1.29 is 24.2 Å². The van der Waals surface area contributed by atoms with Crippen molar-refractivity contribution >= 4 is 17.5 Å². The topological polar surface area (TPSA) is 80.7 Å². The van der Waals surface area contributed by atoms with Crippen LogP contribution in [0.4, 0.5) is 0 Å². The summed E-state index contributed by atoms with van der Waals surface area (Å²) in [6.07, 6.45) is -0.396. The molecule has 17 heavy (non-hydrogen) atoms. The molecule has 5 nitrogen and oxygen atoms in total. The predicted octanol–water partition coefficient (Wildman–Crippen LogP) is 0.873. The Labute approximate surface area is 101 Å². The molecular formula is C12H20O5. The van der Waals surface area contributed by atoms with Crippen molar-refractivity contribution in [2.75, 3.05) is 0 Å². The summed E-state index contributed by atoms with van der Waals surface area (Å²) < 4.78 is 5.09. The summed E-state index contributed by atoms with van der Waals surface area (Å²) in [5.74, 6) is -3.27. The van der Waals surface area contributed by atoms with Gasteiger partial charge in [0.1, 0.15) is 5.60 Å². The fourth-order valence-electron chi connectivity index (χ4n) is 1.70. The van der Waals surface area contributed by atoms with Crippen molar-refractivity contribution in [3.63, 3.8) is 0 Å². The number of hydrogen-bond donors (Lipinski definition) is 1. The molecular weight excluding hydrogens is 224 g/mol.